The molecule has 0 atom stereocenters. The van der Waals surface area contributed by atoms with Crippen molar-refractivity contribution in [2.24, 2.45) is 0 Å². The van der Waals surface area contributed by atoms with E-state index in [1.54, 1.807) is 0 Å². The van der Waals surface area contributed by atoms with E-state index in [9.17, 15) is 4.79 Å². The van der Waals surface area contributed by atoms with Crippen LogP contribution in [0.3, 0.4) is 0 Å². The third kappa shape index (κ3) is 1.46. The van der Waals surface area contributed by atoms with Crippen LogP contribution in [0.2, 0.25) is 0 Å². The zero-order valence-electron chi connectivity index (χ0n) is 11.2. The van der Waals surface area contributed by atoms with Crippen LogP contribution in [0.5, 0.6) is 0 Å². The highest BCUT2D eigenvalue weighted by atomic mass is 16.1. The van der Waals surface area contributed by atoms with Gasteiger partial charge in [-0.15, -0.1) is 6.58 Å². The van der Waals surface area contributed by atoms with Crippen LogP contribution in [0.25, 0.3) is 11.1 Å². The Morgan fingerprint density at radius 3 is 2.05 bits per heavy atom. The molecule has 2 nitrogen and oxygen atoms in total. The molecule has 0 N–H and O–H groups in total. The van der Waals surface area contributed by atoms with E-state index in [-0.39, 0.29) is 5.78 Å². The second kappa shape index (κ2) is 4.15. The summed E-state index contributed by atoms with van der Waals surface area (Å²) in [7, 11) is 0. The maximum absolute atomic E-state index is 12.5. The minimum Gasteiger partial charge on any atom is -0.291 e. The third-order valence-corrected chi connectivity index (χ3v) is 4.22. The van der Waals surface area contributed by atoms with Gasteiger partial charge in [0.1, 0.15) is 0 Å². The molecule has 98 valence electrons. The van der Waals surface area contributed by atoms with E-state index in [4.69, 9.17) is 0 Å². The highest BCUT2D eigenvalue weighted by molar-refractivity contribution is 6.22. The summed E-state index contributed by atoms with van der Waals surface area (Å²) in [6.45, 7) is 6.45. The lowest BCUT2D eigenvalue weighted by Gasteiger charge is -2.19. The van der Waals surface area contributed by atoms with E-state index in [1.807, 2.05) is 30.3 Å². The number of nitrogens with zero attached hydrogens (tertiary/aromatic N) is 1. The zero-order chi connectivity index (χ0) is 13.7. The molecule has 1 aliphatic heterocycles. The predicted molar refractivity (Wildman–Crippen MR) is 79.6 cm³/mol. The molecule has 1 aliphatic carbocycles. The molecule has 0 radical (unpaired) electrons. The minimum atomic E-state index is 0.177. The quantitative estimate of drug-likeness (QED) is 0.659. The van der Waals surface area contributed by atoms with E-state index in [0.29, 0.717) is 0 Å². The van der Waals surface area contributed by atoms with Crippen LogP contribution >= 0.6 is 0 Å². The van der Waals surface area contributed by atoms with Gasteiger partial charge in [-0.25, -0.2) is 0 Å². The van der Waals surface area contributed by atoms with Crippen LogP contribution in [0.1, 0.15) is 27.0 Å². The van der Waals surface area contributed by atoms with Crippen LogP contribution in [0.15, 0.2) is 49.1 Å². The Bertz CT molecular complexity index is 688. The van der Waals surface area contributed by atoms with Gasteiger partial charge in [-0.2, -0.15) is 0 Å². The summed E-state index contributed by atoms with van der Waals surface area (Å²) in [6, 6.07) is 12.2. The van der Waals surface area contributed by atoms with Crippen molar-refractivity contribution in [3.8, 4) is 11.1 Å². The lowest BCUT2D eigenvalue weighted by Crippen LogP contribution is -2.22. The van der Waals surface area contributed by atoms with Gasteiger partial charge in [0.05, 0.1) is 0 Å². The first kappa shape index (κ1) is 11.6. The van der Waals surface area contributed by atoms with Gasteiger partial charge in [0.2, 0.25) is 0 Å². The monoisotopic (exact) mass is 261 g/mol. The second-order valence-electron chi connectivity index (χ2n) is 5.47. The Morgan fingerprint density at radius 2 is 1.55 bits per heavy atom. The summed E-state index contributed by atoms with van der Waals surface area (Å²) in [5, 5.41) is 0. The Morgan fingerprint density at radius 1 is 1.00 bits per heavy atom. The molecule has 0 bridgehead atoms. The van der Waals surface area contributed by atoms with E-state index in [1.165, 1.54) is 11.1 Å². The van der Waals surface area contributed by atoms with E-state index in [2.05, 4.69) is 23.6 Å². The van der Waals surface area contributed by atoms with Crippen LogP contribution in [-0.2, 0) is 13.1 Å². The number of hydrogen-bond acceptors (Lipinski definition) is 2. The van der Waals surface area contributed by atoms with Gasteiger partial charge in [0, 0.05) is 30.8 Å². The summed E-state index contributed by atoms with van der Waals surface area (Å²) in [5.74, 6) is 0.177. The SMILES string of the molecule is C=CCN1Cc2cccc3c2-c2c(cccc2C3=O)C1. The molecule has 0 amide bonds. The van der Waals surface area contributed by atoms with Gasteiger partial charge in [-0.3, -0.25) is 9.69 Å². The van der Waals surface area contributed by atoms with Crippen molar-refractivity contribution in [2.75, 3.05) is 6.54 Å². The van der Waals surface area contributed by atoms with Crippen LogP contribution in [0, 0.1) is 0 Å². The lowest BCUT2D eigenvalue weighted by molar-refractivity contribution is 0.104. The summed E-state index contributed by atoms with van der Waals surface area (Å²) < 4.78 is 0. The number of hydrogen-bond donors (Lipinski definition) is 0. The fourth-order valence-electron chi connectivity index (χ4n) is 3.43. The first-order chi connectivity index (χ1) is 9.79. The van der Waals surface area contributed by atoms with Crippen molar-refractivity contribution >= 4 is 5.78 Å². The molecule has 0 unspecified atom stereocenters. The predicted octanol–water partition coefficient (Wildman–Crippen LogP) is 3.40. The molecule has 20 heavy (non-hydrogen) atoms. The molecule has 2 heteroatoms. The normalized spacial score (nSPS) is 15.9. The van der Waals surface area contributed by atoms with Crippen molar-refractivity contribution in [3.63, 3.8) is 0 Å². The van der Waals surface area contributed by atoms with Crippen LogP contribution in [-0.4, -0.2) is 17.2 Å². The first-order valence-corrected chi connectivity index (χ1v) is 6.91. The van der Waals surface area contributed by atoms with Gasteiger partial charge in [0.15, 0.2) is 5.78 Å². The molecule has 0 saturated heterocycles. The summed E-state index contributed by atoms with van der Waals surface area (Å²) in [4.78, 5) is 14.9. The van der Waals surface area contributed by atoms with Crippen molar-refractivity contribution in [2.45, 2.75) is 13.1 Å². The minimum absolute atomic E-state index is 0.177. The van der Waals surface area contributed by atoms with Crippen LogP contribution < -0.4 is 0 Å². The first-order valence-electron chi connectivity index (χ1n) is 6.91. The Labute approximate surface area is 118 Å². The maximum atomic E-state index is 12.5. The Kier molecular flexibility index (Phi) is 2.41. The number of carbonyl (C=O) groups is 1. The van der Waals surface area contributed by atoms with E-state index >= 15 is 0 Å². The Hall–Kier alpha value is -2.19. The third-order valence-electron chi connectivity index (χ3n) is 4.22. The standard InChI is InChI=1S/C18H15NO/c1-2-9-19-10-12-5-3-7-14-16(12)17-13(11-19)6-4-8-15(17)18(14)20/h2-8H,1,9-11H2. The lowest BCUT2D eigenvalue weighted by atomic mass is 9.97. The number of rotatable bonds is 2. The molecule has 0 aromatic heterocycles. The molecule has 4 rings (SSSR count). The fraction of sp³-hybridized carbons (Fsp3) is 0.167. The number of benzene rings is 2. The van der Waals surface area contributed by atoms with Crippen molar-refractivity contribution in [3.05, 3.63) is 71.3 Å². The number of ketones is 1. The molecule has 0 fully saturated rings. The summed E-state index contributed by atoms with van der Waals surface area (Å²) >= 11 is 0. The largest absolute Gasteiger partial charge is 0.291 e. The molecule has 2 aromatic carbocycles. The van der Waals surface area contributed by atoms with Gasteiger partial charge in [-0.05, 0) is 22.3 Å². The Balaban J connectivity index is 2.03. The van der Waals surface area contributed by atoms with Crippen LogP contribution in [0.4, 0.5) is 0 Å². The molecule has 1 heterocycles. The van der Waals surface area contributed by atoms with E-state index in [0.717, 1.165) is 41.9 Å². The topological polar surface area (TPSA) is 20.3 Å². The molecule has 2 aliphatic rings. The van der Waals surface area contributed by atoms with Crippen molar-refractivity contribution in [1.29, 1.82) is 0 Å². The fourth-order valence-corrected chi connectivity index (χ4v) is 3.43. The van der Waals surface area contributed by atoms with Gasteiger partial charge in [0.25, 0.3) is 0 Å². The second-order valence-corrected chi connectivity index (χ2v) is 5.47. The van der Waals surface area contributed by atoms with Gasteiger partial charge < -0.3 is 0 Å². The zero-order valence-corrected chi connectivity index (χ0v) is 11.2. The highest BCUT2D eigenvalue weighted by Crippen LogP contribution is 2.43. The molecule has 0 spiro atoms. The molecular weight excluding hydrogens is 246 g/mol. The molecule has 2 aromatic rings. The number of carbonyl (C=O) groups excluding carboxylic acids is 1. The average Bonchev–Trinajstić information content (AvgIpc) is 2.65. The van der Waals surface area contributed by atoms with Crippen molar-refractivity contribution < 1.29 is 4.79 Å². The average molecular weight is 261 g/mol. The van der Waals surface area contributed by atoms with Gasteiger partial charge >= 0.3 is 0 Å². The van der Waals surface area contributed by atoms with Gasteiger partial charge in [-0.1, -0.05) is 42.5 Å². The molecule has 0 saturated carbocycles. The summed E-state index contributed by atoms with van der Waals surface area (Å²) in [6.07, 6.45) is 1.94. The van der Waals surface area contributed by atoms with Crippen molar-refractivity contribution in [1.82, 2.24) is 4.90 Å². The summed E-state index contributed by atoms with van der Waals surface area (Å²) in [5.41, 5.74) is 6.56. The molecular formula is C18H15NO. The highest BCUT2D eigenvalue weighted by Gasteiger charge is 2.32. The smallest absolute Gasteiger partial charge is 0.194 e. The van der Waals surface area contributed by atoms with E-state index < -0.39 is 0 Å². The maximum Gasteiger partial charge on any atom is 0.194 e.